The number of carbonyl (C=O) groups is 1. The number of halogens is 1. The van der Waals surface area contributed by atoms with Crippen LogP contribution < -0.4 is 5.73 Å². The maximum absolute atomic E-state index is 12.2. The van der Waals surface area contributed by atoms with Gasteiger partial charge in [0.05, 0.1) is 16.7 Å². The largest absolute Gasteiger partial charge is 0.339 e. The molecule has 0 radical (unpaired) electrons. The van der Waals surface area contributed by atoms with E-state index in [1.807, 2.05) is 4.90 Å². The zero-order chi connectivity index (χ0) is 15.2. The van der Waals surface area contributed by atoms with Crippen molar-refractivity contribution in [2.75, 3.05) is 26.2 Å². The molecular formula is C15H27ClN4OS. The molecule has 2 rings (SSSR count). The van der Waals surface area contributed by atoms with Gasteiger partial charge in [0.15, 0.2) is 0 Å². The molecule has 1 aromatic heterocycles. The first-order chi connectivity index (χ1) is 10.1. The van der Waals surface area contributed by atoms with Crippen LogP contribution in [0, 0.1) is 0 Å². The molecule has 5 nitrogen and oxygen atoms in total. The van der Waals surface area contributed by atoms with E-state index in [1.165, 1.54) is 5.01 Å². The van der Waals surface area contributed by atoms with Gasteiger partial charge in [-0.2, -0.15) is 0 Å². The van der Waals surface area contributed by atoms with E-state index in [2.05, 4.69) is 29.1 Å². The molecule has 22 heavy (non-hydrogen) atoms. The highest BCUT2D eigenvalue weighted by atomic mass is 35.5. The molecule has 0 bridgehead atoms. The Morgan fingerprint density at radius 3 is 2.59 bits per heavy atom. The number of nitrogens with zero attached hydrogens (tertiary/aromatic N) is 3. The lowest BCUT2D eigenvalue weighted by molar-refractivity contribution is -0.134. The monoisotopic (exact) mass is 346 g/mol. The normalized spacial score (nSPS) is 17.1. The Labute approximate surface area is 143 Å². The van der Waals surface area contributed by atoms with E-state index in [-0.39, 0.29) is 24.4 Å². The number of carbonyl (C=O) groups excluding carboxylic acids is 1. The van der Waals surface area contributed by atoms with E-state index in [4.69, 9.17) is 5.73 Å². The van der Waals surface area contributed by atoms with E-state index < -0.39 is 0 Å². The zero-order valence-corrected chi connectivity index (χ0v) is 15.1. The summed E-state index contributed by atoms with van der Waals surface area (Å²) in [5, 5.41) is 3.34. The molecule has 1 aliphatic rings. The summed E-state index contributed by atoms with van der Waals surface area (Å²) in [6, 6.07) is -0.327. The molecule has 1 unspecified atom stereocenters. The Bertz CT molecular complexity index is 460. The molecular weight excluding hydrogens is 320 g/mol. The molecule has 2 N–H and O–H groups in total. The van der Waals surface area contributed by atoms with Gasteiger partial charge >= 0.3 is 0 Å². The number of aromatic nitrogens is 1. The van der Waals surface area contributed by atoms with Gasteiger partial charge in [0.1, 0.15) is 0 Å². The fraction of sp³-hybridized carbons (Fsp3) is 0.733. The minimum atomic E-state index is -0.327. The van der Waals surface area contributed by atoms with E-state index in [9.17, 15) is 4.79 Å². The van der Waals surface area contributed by atoms with Crippen molar-refractivity contribution in [1.29, 1.82) is 0 Å². The predicted octanol–water partition coefficient (Wildman–Crippen LogP) is 1.90. The Morgan fingerprint density at radius 1 is 1.36 bits per heavy atom. The van der Waals surface area contributed by atoms with Crippen LogP contribution in [0.15, 0.2) is 5.38 Å². The molecule has 7 heteroatoms. The second kappa shape index (κ2) is 9.45. The number of amides is 1. The predicted molar refractivity (Wildman–Crippen MR) is 93.5 cm³/mol. The number of rotatable bonds is 6. The minimum Gasteiger partial charge on any atom is -0.339 e. The Morgan fingerprint density at radius 2 is 2.05 bits per heavy atom. The second-order valence-corrected chi connectivity index (χ2v) is 6.53. The van der Waals surface area contributed by atoms with Crippen molar-refractivity contribution >= 4 is 29.7 Å². The van der Waals surface area contributed by atoms with Gasteiger partial charge < -0.3 is 10.6 Å². The van der Waals surface area contributed by atoms with E-state index in [0.29, 0.717) is 0 Å². The zero-order valence-electron chi connectivity index (χ0n) is 13.5. The fourth-order valence-electron chi connectivity index (χ4n) is 2.61. The number of hydrogen-bond acceptors (Lipinski definition) is 5. The standard InChI is InChI=1S/C15H26N4OS.ClH/c1-3-5-13(16)15(20)19-8-6-18(7-9-19)10-12-11-21-14(4-2)17-12;/h11,13H,3-10,16H2,1-2H3;1H. The molecule has 1 aromatic rings. The van der Waals surface area contributed by atoms with Crippen molar-refractivity contribution in [2.24, 2.45) is 5.73 Å². The minimum absolute atomic E-state index is 0. The first-order valence-corrected chi connectivity index (χ1v) is 8.72. The SMILES string of the molecule is CCCC(N)C(=O)N1CCN(Cc2csc(CC)n2)CC1.Cl. The molecule has 0 saturated carbocycles. The summed E-state index contributed by atoms with van der Waals surface area (Å²) >= 11 is 1.73. The van der Waals surface area contributed by atoms with Gasteiger partial charge in [-0.05, 0) is 12.8 Å². The highest BCUT2D eigenvalue weighted by Gasteiger charge is 2.24. The second-order valence-electron chi connectivity index (χ2n) is 5.58. The van der Waals surface area contributed by atoms with Crippen molar-refractivity contribution < 1.29 is 4.79 Å². The number of thiazole rings is 1. The molecule has 1 amide bonds. The maximum Gasteiger partial charge on any atom is 0.239 e. The third-order valence-corrected chi connectivity index (χ3v) is 4.93. The Kier molecular flexibility index (Phi) is 8.31. The average molecular weight is 347 g/mol. The van der Waals surface area contributed by atoms with E-state index >= 15 is 0 Å². The van der Waals surface area contributed by atoms with Crippen molar-refractivity contribution in [1.82, 2.24) is 14.8 Å². The highest BCUT2D eigenvalue weighted by molar-refractivity contribution is 7.09. The van der Waals surface area contributed by atoms with Gasteiger partial charge in [-0.25, -0.2) is 4.98 Å². The third kappa shape index (κ3) is 5.19. The molecule has 2 heterocycles. The maximum atomic E-state index is 12.2. The fourth-order valence-corrected chi connectivity index (χ4v) is 3.34. The van der Waals surface area contributed by atoms with Gasteiger partial charge in [-0.1, -0.05) is 20.3 Å². The number of nitrogens with two attached hydrogens (primary N) is 1. The van der Waals surface area contributed by atoms with Gasteiger partial charge in [-0.15, -0.1) is 23.7 Å². The molecule has 1 atom stereocenters. The van der Waals surface area contributed by atoms with E-state index in [0.717, 1.165) is 57.7 Å². The van der Waals surface area contributed by atoms with Crippen LogP contribution in [0.1, 0.15) is 37.4 Å². The molecule has 0 spiro atoms. The summed E-state index contributed by atoms with van der Waals surface area (Å²) in [5.74, 6) is 0.110. The number of hydrogen-bond donors (Lipinski definition) is 1. The molecule has 0 aromatic carbocycles. The summed E-state index contributed by atoms with van der Waals surface area (Å²) < 4.78 is 0. The van der Waals surface area contributed by atoms with Gasteiger partial charge in [0, 0.05) is 38.1 Å². The van der Waals surface area contributed by atoms with Crippen LogP contribution in [0.4, 0.5) is 0 Å². The van der Waals surface area contributed by atoms with Crippen LogP contribution in [0.5, 0.6) is 0 Å². The summed E-state index contributed by atoms with van der Waals surface area (Å²) in [4.78, 5) is 21.0. The van der Waals surface area contributed by atoms with Crippen LogP contribution >= 0.6 is 23.7 Å². The summed E-state index contributed by atoms with van der Waals surface area (Å²) in [5.41, 5.74) is 7.07. The highest BCUT2D eigenvalue weighted by Crippen LogP contribution is 2.14. The molecule has 1 saturated heterocycles. The van der Waals surface area contributed by atoms with Crippen LogP contribution in [-0.4, -0.2) is 52.9 Å². The third-order valence-electron chi connectivity index (χ3n) is 3.89. The number of aryl methyl sites for hydroxylation is 1. The van der Waals surface area contributed by atoms with Gasteiger partial charge in [-0.3, -0.25) is 9.69 Å². The lowest BCUT2D eigenvalue weighted by atomic mass is 10.1. The topological polar surface area (TPSA) is 62.5 Å². The lowest BCUT2D eigenvalue weighted by Crippen LogP contribution is -2.52. The van der Waals surface area contributed by atoms with Crippen molar-refractivity contribution in [3.05, 3.63) is 16.1 Å². The van der Waals surface area contributed by atoms with Crippen LogP contribution in [0.2, 0.25) is 0 Å². The first-order valence-electron chi connectivity index (χ1n) is 7.84. The Hall–Kier alpha value is -0.690. The lowest BCUT2D eigenvalue weighted by Gasteiger charge is -2.35. The summed E-state index contributed by atoms with van der Waals surface area (Å²) in [6.07, 6.45) is 2.73. The van der Waals surface area contributed by atoms with Crippen LogP contribution in [0.25, 0.3) is 0 Å². The number of piperazine rings is 1. The van der Waals surface area contributed by atoms with Crippen molar-refractivity contribution in [3.63, 3.8) is 0 Å². The van der Waals surface area contributed by atoms with E-state index in [1.54, 1.807) is 11.3 Å². The summed E-state index contributed by atoms with van der Waals surface area (Å²) in [7, 11) is 0. The molecule has 126 valence electrons. The van der Waals surface area contributed by atoms with Crippen molar-refractivity contribution in [3.8, 4) is 0 Å². The Balaban J connectivity index is 0.00000242. The molecule has 1 fully saturated rings. The molecule has 1 aliphatic heterocycles. The summed E-state index contributed by atoms with van der Waals surface area (Å²) in [6.45, 7) is 8.45. The smallest absolute Gasteiger partial charge is 0.239 e. The molecule has 0 aliphatic carbocycles. The van der Waals surface area contributed by atoms with Gasteiger partial charge in [0.2, 0.25) is 5.91 Å². The van der Waals surface area contributed by atoms with Crippen LogP contribution in [-0.2, 0) is 17.8 Å². The van der Waals surface area contributed by atoms with Crippen LogP contribution in [0.3, 0.4) is 0 Å². The quantitative estimate of drug-likeness (QED) is 0.854. The van der Waals surface area contributed by atoms with Gasteiger partial charge in [0.25, 0.3) is 0 Å². The average Bonchev–Trinajstić information content (AvgIpc) is 2.95. The van der Waals surface area contributed by atoms with Crippen molar-refractivity contribution in [2.45, 2.75) is 45.7 Å². The first kappa shape index (κ1) is 19.4.